The van der Waals surface area contributed by atoms with Crippen molar-refractivity contribution in [2.24, 2.45) is 0 Å². The van der Waals surface area contributed by atoms with Crippen molar-refractivity contribution in [2.45, 2.75) is 53.6 Å². The number of anilines is 1. The molecule has 0 aliphatic rings. The minimum atomic E-state index is -4.85. The van der Waals surface area contributed by atoms with Gasteiger partial charge in [0.1, 0.15) is 5.75 Å². The highest BCUT2D eigenvalue weighted by Gasteiger charge is 2.31. The van der Waals surface area contributed by atoms with Crippen LogP contribution in [0.15, 0.2) is 55.3 Å². The second-order valence-electron chi connectivity index (χ2n) is 7.17. The number of allylic oxidation sites excluding steroid dienone is 1. The predicted molar refractivity (Wildman–Crippen MR) is 131 cm³/mol. The number of aliphatic hydroxyl groups is 1. The van der Waals surface area contributed by atoms with E-state index in [2.05, 4.69) is 16.6 Å². The van der Waals surface area contributed by atoms with E-state index < -0.39 is 24.6 Å². The SMILES string of the molecule is C=CC(=O)NCc1cc(-c2ccc(OC(F)(F)F)cc2)c(C)c(N(/C=C/C)C(F)F)c1CCO.CC. The minimum Gasteiger partial charge on any atom is -0.406 e. The lowest BCUT2D eigenvalue weighted by Crippen LogP contribution is -2.27. The van der Waals surface area contributed by atoms with E-state index in [0.29, 0.717) is 27.8 Å². The molecule has 0 bridgehead atoms. The minimum absolute atomic E-state index is 0.0366. The fourth-order valence-corrected chi connectivity index (χ4v) is 3.56. The third kappa shape index (κ3) is 8.37. The molecule has 0 atom stereocenters. The maximum Gasteiger partial charge on any atom is 0.573 e. The summed E-state index contributed by atoms with van der Waals surface area (Å²) in [6.45, 7) is 7.28. The highest BCUT2D eigenvalue weighted by molar-refractivity contribution is 5.87. The molecule has 10 heteroatoms. The van der Waals surface area contributed by atoms with Crippen LogP contribution in [0.4, 0.5) is 27.6 Å². The number of hydrogen-bond donors (Lipinski definition) is 2. The Balaban J connectivity index is 0.00000316. The quantitative estimate of drug-likeness (QED) is 0.216. The summed E-state index contributed by atoms with van der Waals surface area (Å²) in [5.41, 5.74) is 2.35. The third-order valence-electron chi connectivity index (χ3n) is 4.93. The van der Waals surface area contributed by atoms with Crippen LogP contribution >= 0.6 is 0 Å². The average Bonchev–Trinajstić information content (AvgIpc) is 2.83. The van der Waals surface area contributed by atoms with Crippen molar-refractivity contribution in [2.75, 3.05) is 11.5 Å². The number of amides is 1. The van der Waals surface area contributed by atoms with Crippen molar-refractivity contribution in [1.82, 2.24) is 5.32 Å². The molecular weight excluding hydrogens is 483 g/mol. The highest BCUT2D eigenvalue weighted by atomic mass is 19.4. The number of alkyl halides is 5. The van der Waals surface area contributed by atoms with E-state index in [1.165, 1.54) is 24.4 Å². The number of nitrogens with zero attached hydrogens (tertiary/aromatic N) is 1. The molecule has 198 valence electrons. The van der Waals surface area contributed by atoms with E-state index in [4.69, 9.17) is 0 Å². The van der Waals surface area contributed by atoms with E-state index >= 15 is 0 Å². The Morgan fingerprint density at radius 1 is 1.22 bits per heavy atom. The van der Waals surface area contributed by atoms with Crippen LogP contribution in [0.2, 0.25) is 0 Å². The van der Waals surface area contributed by atoms with Gasteiger partial charge in [0.05, 0.1) is 5.69 Å². The Bertz CT molecular complexity index is 1040. The smallest absolute Gasteiger partial charge is 0.406 e. The molecule has 0 heterocycles. The van der Waals surface area contributed by atoms with E-state index in [9.17, 15) is 31.9 Å². The lowest BCUT2D eigenvalue weighted by Gasteiger charge is -2.28. The molecule has 0 saturated carbocycles. The second-order valence-corrected chi connectivity index (χ2v) is 7.17. The number of aliphatic hydroxyl groups excluding tert-OH is 1. The van der Waals surface area contributed by atoms with Crippen molar-refractivity contribution >= 4 is 11.6 Å². The summed E-state index contributed by atoms with van der Waals surface area (Å²) >= 11 is 0. The molecule has 0 aromatic heterocycles. The maximum atomic E-state index is 14.0. The Kier molecular flexibility index (Phi) is 12.1. The molecule has 0 radical (unpaired) electrons. The normalized spacial score (nSPS) is 11.2. The van der Waals surface area contributed by atoms with Gasteiger partial charge in [-0.2, -0.15) is 8.78 Å². The van der Waals surface area contributed by atoms with Gasteiger partial charge in [0.15, 0.2) is 0 Å². The summed E-state index contributed by atoms with van der Waals surface area (Å²) in [5, 5.41) is 12.2. The van der Waals surface area contributed by atoms with Crippen molar-refractivity contribution in [3.05, 3.63) is 72.0 Å². The van der Waals surface area contributed by atoms with Crippen LogP contribution in [0.5, 0.6) is 5.75 Å². The van der Waals surface area contributed by atoms with Crippen LogP contribution in [0, 0.1) is 6.92 Å². The molecule has 0 aliphatic carbocycles. The molecular formula is C26H31F5N2O3. The zero-order valence-corrected chi connectivity index (χ0v) is 20.6. The molecule has 2 aromatic carbocycles. The van der Waals surface area contributed by atoms with E-state index in [1.54, 1.807) is 19.9 Å². The van der Waals surface area contributed by atoms with Crippen LogP contribution in [-0.4, -0.2) is 30.5 Å². The highest BCUT2D eigenvalue weighted by Crippen LogP contribution is 2.39. The third-order valence-corrected chi connectivity index (χ3v) is 4.93. The maximum absolute atomic E-state index is 14.0. The Morgan fingerprint density at radius 3 is 2.31 bits per heavy atom. The number of carbonyl (C=O) groups is 1. The standard InChI is InChI=1S/C24H25F5N2O3.C2H6/c1-4-11-31(23(25)26)22-15(3)20(16-6-8-18(9-7-16)34-24(27,28)29)13-17(19(22)10-12-32)14-30-21(33)5-2;1-2/h4-9,11,13,23,32H,2,10,12,14H2,1,3H3,(H,30,33);1-2H3/b11-4+;. The number of hydrogen-bond acceptors (Lipinski definition) is 4. The van der Waals surface area contributed by atoms with Gasteiger partial charge in [-0.25, -0.2) is 0 Å². The first-order valence-corrected chi connectivity index (χ1v) is 11.2. The molecule has 0 fully saturated rings. The Labute approximate surface area is 207 Å². The number of nitrogens with one attached hydrogen (secondary N) is 1. The number of carbonyl (C=O) groups excluding carboxylic acids is 1. The lowest BCUT2D eigenvalue weighted by atomic mass is 9.90. The van der Waals surface area contributed by atoms with Gasteiger partial charge in [-0.05, 0) is 72.4 Å². The number of halogens is 5. The number of ether oxygens (including phenoxy) is 1. The largest absolute Gasteiger partial charge is 0.573 e. The van der Waals surface area contributed by atoms with E-state index in [-0.39, 0.29) is 25.3 Å². The first-order chi connectivity index (χ1) is 17.0. The van der Waals surface area contributed by atoms with Crippen molar-refractivity contribution in [3.8, 4) is 16.9 Å². The summed E-state index contributed by atoms with van der Waals surface area (Å²) in [5.74, 6) is -0.904. The Morgan fingerprint density at radius 2 is 1.83 bits per heavy atom. The first kappa shape index (κ1) is 30.6. The van der Waals surface area contributed by atoms with Gasteiger partial charge in [-0.3, -0.25) is 9.69 Å². The molecule has 0 aliphatic heterocycles. The molecule has 2 aromatic rings. The van der Waals surface area contributed by atoms with Crippen molar-refractivity contribution in [1.29, 1.82) is 0 Å². The fourth-order valence-electron chi connectivity index (χ4n) is 3.56. The van der Waals surface area contributed by atoms with Crippen molar-refractivity contribution in [3.63, 3.8) is 0 Å². The van der Waals surface area contributed by atoms with E-state index in [1.807, 2.05) is 13.8 Å². The monoisotopic (exact) mass is 514 g/mol. The number of rotatable bonds is 10. The van der Waals surface area contributed by atoms with Gasteiger partial charge < -0.3 is 15.2 Å². The van der Waals surface area contributed by atoms with Gasteiger partial charge in [-0.15, -0.1) is 13.2 Å². The number of benzene rings is 2. The molecule has 0 spiro atoms. The zero-order chi connectivity index (χ0) is 27.5. The molecule has 0 unspecified atom stereocenters. The molecule has 1 amide bonds. The zero-order valence-electron chi connectivity index (χ0n) is 20.6. The van der Waals surface area contributed by atoms with Crippen LogP contribution in [0.25, 0.3) is 11.1 Å². The van der Waals surface area contributed by atoms with E-state index in [0.717, 1.165) is 23.1 Å². The predicted octanol–water partition coefficient (Wildman–Crippen LogP) is 6.49. The molecule has 36 heavy (non-hydrogen) atoms. The molecule has 2 rings (SSSR count). The van der Waals surface area contributed by atoms with Gasteiger partial charge in [0.2, 0.25) is 5.91 Å². The average molecular weight is 515 g/mol. The van der Waals surface area contributed by atoms with Gasteiger partial charge in [-0.1, -0.05) is 38.6 Å². The fraction of sp³-hybridized carbons (Fsp3) is 0.346. The summed E-state index contributed by atoms with van der Waals surface area (Å²) in [6.07, 6.45) is -1.12. The van der Waals surface area contributed by atoms with Crippen molar-refractivity contribution < 1.29 is 36.6 Å². The molecule has 0 saturated heterocycles. The molecule has 2 N–H and O–H groups in total. The van der Waals surface area contributed by atoms with Gasteiger partial charge in [0, 0.05) is 19.4 Å². The summed E-state index contributed by atoms with van der Waals surface area (Å²) in [4.78, 5) is 12.5. The van der Waals surface area contributed by atoms with Gasteiger partial charge in [0.25, 0.3) is 0 Å². The summed E-state index contributed by atoms with van der Waals surface area (Å²) in [7, 11) is 0. The van der Waals surface area contributed by atoms with Crippen LogP contribution in [-0.2, 0) is 17.8 Å². The van der Waals surface area contributed by atoms with Gasteiger partial charge >= 0.3 is 12.9 Å². The lowest BCUT2D eigenvalue weighted by molar-refractivity contribution is -0.274. The molecule has 5 nitrogen and oxygen atoms in total. The summed E-state index contributed by atoms with van der Waals surface area (Å²) < 4.78 is 69.4. The van der Waals surface area contributed by atoms with Crippen LogP contribution in [0.3, 0.4) is 0 Å². The first-order valence-electron chi connectivity index (χ1n) is 11.2. The van der Waals surface area contributed by atoms with Crippen LogP contribution < -0.4 is 15.0 Å². The Hall–Kier alpha value is -3.40. The topological polar surface area (TPSA) is 61.8 Å². The summed E-state index contributed by atoms with van der Waals surface area (Å²) in [6, 6.07) is 6.67. The second kappa shape index (κ2) is 14.2. The van der Waals surface area contributed by atoms with Crippen LogP contribution in [0.1, 0.15) is 37.5 Å².